The van der Waals surface area contributed by atoms with Gasteiger partial charge in [0.05, 0.1) is 17.0 Å². The Labute approximate surface area is 109 Å². The molecule has 0 bridgehead atoms. The van der Waals surface area contributed by atoms with Crippen LogP contribution in [0.1, 0.15) is 5.56 Å². The van der Waals surface area contributed by atoms with Crippen LogP contribution in [0.3, 0.4) is 0 Å². The Balaban J connectivity index is 2.26. The van der Waals surface area contributed by atoms with Gasteiger partial charge in [0.1, 0.15) is 0 Å². The third-order valence-corrected chi connectivity index (χ3v) is 3.17. The zero-order valence-corrected chi connectivity index (χ0v) is 10.3. The van der Waals surface area contributed by atoms with E-state index >= 15 is 0 Å². The summed E-state index contributed by atoms with van der Waals surface area (Å²) < 4.78 is 5.43. The van der Waals surface area contributed by atoms with E-state index in [1.54, 1.807) is 12.5 Å². The second-order valence-electron chi connectivity index (χ2n) is 4.01. The van der Waals surface area contributed by atoms with Gasteiger partial charge in [-0.3, -0.25) is 4.98 Å². The van der Waals surface area contributed by atoms with E-state index in [0.29, 0.717) is 17.2 Å². The molecule has 0 aliphatic heterocycles. The normalized spacial score (nSPS) is 11.0. The highest BCUT2D eigenvalue weighted by molar-refractivity contribution is 6.35. The molecule has 1 aromatic carbocycles. The average molecular weight is 259 g/mol. The number of nitrogens with two attached hydrogens (primary N) is 1. The van der Waals surface area contributed by atoms with Crippen LogP contribution in [0, 0.1) is 0 Å². The lowest BCUT2D eigenvalue weighted by Crippen LogP contribution is -1.94. The topological polar surface area (TPSA) is 52.0 Å². The van der Waals surface area contributed by atoms with Crippen LogP contribution in [0.25, 0.3) is 22.2 Å². The second kappa shape index (κ2) is 4.44. The minimum atomic E-state index is 0.426. The number of rotatable bonds is 2. The molecule has 0 unspecified atom stereocenters. The Morgan fingerprint density at radius 3 is 2.89 bits per heavy atom. The standard InChI is InChI=1S/C14H11ClN2O/c15-12-6-9(13-3-1-2-4-17-13)5-11-10(7-16)8-18-14(11)12/h1-6,8H,7,16H2. The maximum absolute atomic E-state index is 6.22. The van der Waals surface area contributed by atoms with Crippen molar-refractivity contribution < 1.29 is 4.42 Å². The summed E-state index contributed by atoms with van der Waals surface area (Å²) in [4.78, 5) is 4.32. The van der Waals surface area contributed by atoms with Crippen LogP contribution < -0.4 is 5.73 Å². The molecule has 3 rings (SSSR count). The van der Waals surface area contributed by atoms with Gasteiger partial charge in [-0.05, 0) is 24.3 Å². The van der Waals surface area contributed by atoms with Gasteiger partial charge in [0.15, 0.2) is 5.58 Å². The van der Waals surface area contributed by atoms with Gasteiger partial charge in [-0.2, -0.15) is 0 Å². The van der Waals surface area contributed by atoms with Gasteiger partial charge in [-0.15, -0.1) is 0 Å². The second-order valence-corrected chi connectivity index (χ2v) is 4.42. The van der Waals surface area contributed by atoms with E-state index in [1.807, 2.05) is 30.3 Å². The Kier molecular flexibility index (Phi) is 2.78. The van der Waals surface area contributed by atoms with E-state index in [4.69, 9.17) is 21.8 Å². The Hall–Kier alpha value is -1.84. The molecule has 0 aliphatic carbocycles. The Morgan fingerprint density at radius 1 is 1.28 bits per heavy atom. The predicted octanol–water partition coefficient (Wildman–Crippen LogP) is 3.61. The molecule has 0 amide bonds. The van der Waals surface area contributed by atoms with Crippen molar-refractivity contribution in [3.8, 4) is 11.3 Å². The molecule has 3 nitrogen and oxygen atoms in total. The van der Waals surface area contributed by atoms with Crippen molar-refractivity contribution in [3.63, 3.8) is 0 Å². The molecule has 90 valence electrons. The fraction of sp³-hybridized carbons (Fsp3) is 0.0714. The van der Waals surface area contributed by atoms with Crippen molar-refractivity contribution in [3.05, 3.63) is 53.4 Å². The molecule has 2 aromatic heterocycles. The molecule has 0 fully saturated rings. The number of nitrogens with zero attached hydrogens (tertiary/aromatic N) is 1. The molecule has 0 spiro atoms. The number of aromatic nitrogens is 1. The van der Waals surface area contributed by atoms with Crippen molar-refractivity contribution in [2.45, 2.75) is 6.54 Å². The molecule has 0 radical (unpaired) electrons. The van der Waals surface area contributed by atoms with Crippen LogP contribution in [0.15, 0.2) is 47.2 Å². The number of halogens is 1. The summed E-state index contributed by atoms with van der Waals surface area (Å²) in [6, 6.07) is 9.64. The van der Waals surface area contributed by atoms with Gasteiger partial charge >= 0.3 is 0 Å². The molecule has 0 saturated heterocycles. The fourth-order valence-corrected chi connectivity index (χ4v) is 2.25. The van der Waals surface area contributed by atoms with Crippen LogP contribution in [-0.2, 0) is 6.54 Å². The monoisotopic (exact) mass is 258 g/mol. The van der Waals surface area contributed by atoms with Gasteiger partial charge in [0.25, 0.3) is 0 Å². The summed E-state index contributed by atoms with van der Waals surface area (Å²) in [5, 5.41) is 1.53. The first-order chi connectivity index (χ1) is 8.79. The molecule has 0 aliphatic rings. The van der Waals surface area contributed by atoms with Crippen molar-refractivity contribution >= 4 is 22.6 Å². The molecule has 0 atom stereocenters. The molecule has 3 aromatic rings. The van der Waals surface area contributed by atoms with Crippen LogP contribution in [0.5, 0.6) is 0 Å². The quantitative estimate of drug-likeness (QED) is 0.764. The largest absolute Gasteiger partial charge is 0.462 e. The smallest absolute Gasteiger partial charge is 0.152 e. The van der Waals surface area contributed by atoms with Gasteiger partial charge in [-0.25, -0.2) is 0 Å². The summed E-state index contributed by atoms with van der Waals surface area (Å²) in [6.07, 6.45) is 3.41. The lowest BCUT2D eigenvalue weighted by atomic mass is 10.1. The maximum Gasteiger partial charge on any atom is 0.152 e. The van der Waals surface area contributed by atoms with Gasteiger partial charge in [-0.1, -0.05) is 17.7 Å². The maximum atomic E-state index is 6.22. The molecule has 2 N–H and O–H groups in total. The van der Waals surface area contributed by atoms with Gasteiger partial charge < -0.3 is 10.2 Å². The van der Waals surface area contributed by atoms with Crippen molar-refractivity contribution in [1.82, 2.24) is 4.98 Å². The number of hydrogen-bond donors (Lipinski definition) is 1. The lowest BCUT2D eigenvalue weighted by molar-refractivity contribution is 0.611. The number of benzene rings is 1. The summed E-state index contributed by atoms with van der Waals surface area (Å²) in [7, 11) is 0. The Morgan fingerprint density at radius 2 is 2.17 bits per heavy atom. The fourth-order valence-electron chi connectivity index (χ4n) is 1.98. The van der Waals surface area contributed by atoms with E-state index < -0.39 is 0 Å². The number of furan rings is 1. The van der Waals surface area contributed by atoms with Crippen molar-refractivity contribution in [1.29, 1.82) is 0 Å². The SMILES string of the molecule is NCc1coc2c(Cl)cc(-c3ccccn3)cc12. The zero-order valence-electron chi connectivity index (χ0n) is 9.56. The van der Waals surface area contributed by atoms with Crippen LogP contribution in [0.2, 0.25) is 5.02 Å². The minimum absolute atomic E-state index is 0.426. The van der Waals surface area contributed by atoms with Crippen molar-refractivity contribution in [2.75, 3.05) is 0 Å². The zero-order chi connectivity index (χ0) is 12.5. The molecular formula is C14H11ClN2O. The van der Waals surface area contributed by atoms with E-state index in [0.717, 1.165) is 22.2 Å². The van der Waals surface area contributed by atoms with Gasteiger partial charge in [0, 0.05) is 29.3 Å². The summed E-state index contributed by atoms with van der Waals surface area (Å²) >= 11 is 6.22. The van der Waals surface area contributed by atoms with E-state index in [9.17, 15) is 0 Å². The van der Waals surface area contributed by atoms with E-state index in [1.165, 1.54) is 0 Å². The first kappa shape index (κ1) is 11.3. The highest BCUT2D eigenvalue weighted by Crippen LogP contribution is 2.32. The van der Waals surface area contributed by atoms with Crippen LogP contribution >= 0.6 is 11.6 Å². The molecule has 2 heterocycles. The van der Waals surface area contributed by atoms with Crippen molar-refractivity contribution in [2.24, 2.45) is 5.73 Å². The molecule has 18 heavy (non-hydrogen) atoms. The number of fused-ring (bicyclic) bond motifs is 1. The summed E-state index contributed by atoms with van der Waals surface area (Å²) in [5.74, 6) is 0. The Bertz CT molecular complexity index is 692. The highest BCUT2D eigenvalue weighted by Gasteiger charge is 2.11. The molecular weight excluding hydrogens is 248 g/mol. The average Bonchev–Trinajstić information content (AvgIpc) is 2.83. The van der Waals surface area contributed by atoms with Crippen LogP contribution in [0.4, 0.5) is 0 Å². The lowest BCUT2D eigenvalue weighted by Gasteiger charge is -2.02. The summed E-state index contributed by atoms with van der Waals surface area (Å²) in [5.41, 5.74) is 9.15. The number of pyridine rings is 1. The first-order valence-corrected chi connectivity index (χ1v) is 5.98. The third kappa shape index (κ3) is 1.78. The summed E-state index contributed by atoms with van der Waals surface area (Å²) in [6.45, 7) is 0.426. The molecule has 0 saturated carbocycles. The minimum Gasteiger partial charge on any atom is -0.462 e. The predicted molar refractivity (Wildman–Crippen MR) is 72.3 cm³/mol. The van der Waals surface area contributed by atoms with E-state index in [-0.39, 0.29) is 0 Å². The molecule has 4 heteroatoms. The highest BCUT2D eigenvalue weighted by atomic mass is 35.5. The van der Waals surface area contributed by atoms with E-state index in [2.05, 4.69) is 4.98 Å². The number of hydrogen-bond acceptors (Lipinski definition) is 3. The van der Waals surface area contributed by atoms with Gasteiger partial charge in [0.2, 0.25) is 0 Å². The van der Waals surface area contributed by atoms with Crippen LogP contribution in [-0.4, -0.2) is 4.98 Å². The first-order valence-electron chi connectivity index (χ1n) is 5.60. The third-order valence-electron chi connectivity index (χ3n) is 2.89.